The molecule has 0 amide bonds. The van der Waals surface area contributed by atoms with Crippen molar-refractivity contribution in [2.45, 2.75) is 26.3 Å². The SMILES string of the molecule is CC(C)c1csc(C(C#N)=Cc2cccn2C(F)F)n1. The van der Waals surface area contributed by atoms with Gasteiger partial charge in [-0.2, -0.15) is 14.0 Å². The van der Waals surface area contributed by atoms with E-state index in [1.165, 1.54) is 29.7 Å². The van der Waals surface area contributed by atoms with E-state index in [4.69, 9.17) is 0 Å². The lowest BCUT2D eigenvalue weighted by Gasteiger charge is -2.04. The Morgan fingerprint density at radius 1 is 1.50 bits per heavy atom. The van der Waals surface area contributed by atoms with Gasteiger partial charge in [-0.3, -0.25) is 4.57 Å². The van der Waals surface area contributed by atoms with Crippen LogP contribution in [-0.4, -0.2) is 9.55 Å². The molecule has 6 heteroatoms. The van der Waals surface area contributed by atoms with E-state index in [1.807, 2.05) is 25.3 Å². The molecular formula is C14H13F2N3S. The van der Waals surface area contributed by atoms with Crippen molar-refractivity contribution in [1.82, 2.24) is 9.55 Å². The quantitative estimate of drug-likeness (QED) is 0.777. The number of aromatic nitrogens is 2. The number of nitrogens with zero attached hydrogens (tertiary/aromatic N) is 3. The molecular weight excluding hydrogens is 280 g/mol. The third kappa shape index (κ3) is 2.94. The predicted molar refractivity (Wildman–Crippen MR) is 75.4 cm³/mol. The molecule has 0 bridgehead atoms. The van der Waals surface area contributed by atoms with E-state index in [2.05, 4.69) is 4.98 Å². The van der Waals surface area contributed by atoms with Gasteiger partial charge in [-0.1, -0.05) is 13.8 Å². The lowest BCUT2D eigenvalue weighted by atomic mass is 10.1. The van der Waals surface area contributed by atoms with Crippen molar-refractivity contribution in [1.29, 1.82) is 5.26 Å². The van der Waals surface area contributed by atoms with Crippen molar-refractivity contribution in [2.24, 2.45) is 0 Å². The average Bonchev–Trinajstić information content (AvgIpc) is 3.04. The fourth-order valence-corrected chi connectivity index (χ4v) is 2.62. The van der Waals surface area contributed by atoms with E-state index >= 15 is 0 Å². The molecule has 2 rings (SSSR count). The summed E-state index contributed by atoms with van der Waals surface area (Å²) in [4.78, 5) is 4.37. The van der Waals surface area contributed by atoms with Gasteiger partial charge in [-0.25, -0.2) is 4.98 Å². The highest BCUT2D eigenvalue weighted by molar-refractivity contribution is 7.11. The molecule has 0 saturated carbocycles. The zero-order valence-electron chi connectivity index (χ0n) is 11.0. The van der Waals surface area contributed by atoms with Gasteiger partial charge in [0.2, 0.25) is 0 Å². The Bertz CT molecular complexity index is 662. The van der Waals surface area contributed by atoms with Gasteiger partial charge in [-0.05, 0) is 24.1 Å². The number of alkyl halides is 2. The number of allylic oxidation sites excluding steroid dienone is 1. The second kappa shape index (κ2) is 5.97. The molecule has 0 aliphatic rings. The maximum Gasteiger partial charge on any atom is 0.318 e. The van der Waals surface area contributed by atoms with Crippen LogP contribution in [0.25, 0.3) is 11.6 Å². The molecule has 0 aliphatic heterocycles. The Morgan fingerprint density at radius 2 is 2.25 bits per heavy atom. The summed E-state index contributed by atoms with van der Waals surface area (Å²) in [6.45, 7) is 1.39. The molecule has 20 heavy (non-hydrogen) atoms. The van der Waals surface area contributed by atoms with Gasteiger partial charge in [-0.15, -0.1) is 11.3 Å². The first-order valence-electron chi connectivity index (χ1n) is 6.05. The zero-order chi connectivity index (χ0) is 14.7. The molecule has 0 radical (unpaired) electrons. The fraction of sp³-hybridized carbons (Fsp3) is 0.286. The maximum atomic E-state index is 12.8. The van der Waals surface area contributed by atoms with Crippen LogP contribution in [0.2, 0.25) is 0 Å². The van der Waals surface area contributed by atoms with Gasteiger partial charge in [0.15, 0.2) is 0 Å². The first kappa shape index (κ1) is 14.4. The summed E-state index contributed by atoms with van der Waals surface area (Å²) in [5, 5.41) is 11.6. The third-order valence-electron chi connectivity index (χ3n) is 2.78. The molecule has 0 fully saturated rings. The molecule has 0 N–H and O–H groups in total. The van der Waals surface area contributed by atoms with E-state index in [0.717, 1.165) is 10.3 Å². The second-order valence-electron chi connectivity index (χ2n) is 4.52. The van der Waals surface area contributed by atoms with Gasteiger partial charge in [0, 0.05) is 17.3 Å². The minimum Gasteiger partial charge on any atom is -0.292 e. The number of halogens is 2. The van der Waals surface area contributed by atoms with Crippen LogP contribution in [0, 0.1) is 11.3 Å². The van der Waals surface area contributed by atoms with Crippen molar-refractivity contribution in [3.05, 3.63) is 40.1 Å². The van der Waals surface area contributed by atoms with Gasteiger partial charge in [0.1, 0.15) is 11.1 Å². The van der Waals surface area contributed by atoms with E-state index in [9.17, 15) is 14.0 Å². The minimum atomic E-state index is -2.63. The summed E-state index contributed by atoms with van der Waals surface area (Å²) in [5.41, 5.74) is 1.48. The zero-order valence-corrected chi connectivity index (χ0v) is 11.9. The Hall–Kier alpha value is -2.00. The first-order chi connectivity index (χ1) is 9.52. The van der Waals surface area contributed by atoms with Crippen LogP contribution in [0.4, 0.5) is 8.78 Å². The Balaban J connectivity index is 2.38. The first-order valence-corrected chi connectivity index (χ1v) is 6.93. The van der Waals surface area contributed by atoms with Crippen LogP contribution in [0.1, 0.15) is 42.7 Å². The lowest BCUT2D eigenvalue weighted by Crippen LogP contribution is -1.98. The minimum absolute atomic E-state index is 0.268. The van der Waals surface area contributed by atoms with Gasteiger partial charge in [0.25, 0.3) is 0 Å². The average molecular weight is 293 g/mol. The molecule has 0 unspecified atom stereocenters. The summed E-state index contributed by atoms with van der Waals surface area (Å²) < 4.78 is 26.3. The van der Waals surface area contributed by atoms with Crippen LogP contribution >= 0.6 is 11.3 Å². The largest absolute Gasteiger partial charge is 0.318 e. The highest BCUT2D eigenvalue weighted by Crippen LogP contribution is 2.26. The number of hydrogen-bond donors (Lipinski definition) is 0. The van der Waals surface area contributed by atoms with Crippen LogP contribution in [0.3, 0.4) is 0 Å². The molecule has 0 aromatic carbocycles. The maximum absolute atomic E-state index is 12.8. The van der Waals surface area contributed by atoms with Gasteiger partial charge in [0.05, 0.1) is 11.3 Å². The molecule has 0 saturated heterocycles. The number of thiazole rings is 1. The molecule has 104 valence electrons. The molecule has 0 atom stereocenters. The number of rotatable bonds is 4. The molecule has 2 heterocycles. The van der Waals surface area contributed by atoms with Crippen LogP contribution in [0.5, 0.6) is 0 Å². The lowest BCUT2D eigenvalue weighted by molar-refractivity contribution is 0.0701. The van der Waals surface area contributed by atoms with E-state index in [1.54, 1.807) is 6.07 Å². The van der Waals surface area contributed by atoms with E-state index in [-0.39, 0.29) is 11.6 Å². The summed E-state index contributed by atoms with van der Waals surface area (Å²) in [6.07, 6.45) is 2.72. The van der Waals surface area contributed by atoms with Crippen molar-refractivity contribution in [3.63, 3.8) is 0 Å². The summed E-state index contributed by atoms with van der Waals surface area (Å²) in [7, 11) is 0. The third-order valence-corrected chi connectivity index (χ3v) is 3.67. The van der Waals surface area contributed by atoms with Crippen molar-refractivity contribution < 1.29 is 8.78 Å². The van der Waals surface area contributed by atoms with E-state index < -0.39 is 6.55 Å². The Kier molecular flexibility index (Phi) is 4.30. The van der Waals surface area contributed by atoms with E-state index in [0.29, 0.717) is 10.6 Å². The van der Waals surface area contributed by atoms with Crippen LogP contribution < -0.4 is 0 Å². The summed E-state index contributed by atoms with van der Waals surface area (Å²) in [5.74, 6) is 0.268. The standard InChI is InChI=1S/C14H13F2N3S/c1-9(2)12-8-20-13(18-12)10(7-17)6-11-4-3-5-19(11)14(15)16/h3-6,8-9,14H,1-2H3. The Morgan fingerprint density at radius 3 is 2.80 bits per heavy atom. The molecule has 2 aromatic heterocycles. The Labute approximate surface area is 119 Å². The monoisotopic (exact) mass is 293 g/mol. The smallest absolute Gasteiger partial charge is 0.292 e. The van der Waals surface area contributed by atoms with Crippen molar-refractivity contribution >= 4 is 23.0 Å². The predicted octanol–water partition coefficient (Wildman–Crippen LogP) is 4.53. The molecule has 0 aliphatic carbocycles. The molecule has 3 nitrogen and oxygen atoms in total. The topological polar surface area (TPSA) is 41.6 Å². The second-order valence-corrected chi connectivity index (χ2v) is 5.38. The highest BCUT2D eigenvalue weighted by Gasteiger charge is 2.12. The van der Waals surface area contributed by atoms with Crippen LogP contribution in [-0.2, 0) is 0 Å². The molecule has 0 spiro atoms. The van der Waals surface area contributed by atoms with Crippen LogP contribution in [0.15, 0.2) is 23.7 Å². The van der Waals surface area contributed by atoms with Crippen molar-refractivity contribution in [3.8, 4) is 6.07 Å². The number of nitriles is 1. The highest BCUT2D eigenvalue weighted by atomic mass is 32.1. The fourth-order valence-electron chi connectivity index (χ4n) is 1.67. The van der Waals surface area contributed by atoms with Gasteiger partial charge < -0.3 is 0 Å². The normalized spacial score (nSPS) is 12.2. The van der Waals surface area contributed by atoms with Crippen molar-refractivity contribution in [2.75, 3.05) is 0 Å². The summed E-state index contributed by atoms with van der Waals surface area (Å²) in [6, 6.07) is 5.09. The van der Waals surface area contributed by atoms with Gasteiger partial charge >= 0.3 is 6.55 Å². The summed E-state index contributed by atoms with van der Waals surface area (Å²) >= 11 is 1.35. The molecule has 2 aromatic rings. The number of hydrogen-bond acceptors (Lipinski definition) is 3.